The Morgan fingerprint density at radius 2 is 1.89 bits per heavy atom. The summed E-state index contributed by atoms with van der Waals surface area (Å²) in [5.41, 5.74) is 3.08. The van der Waals surface area contributed by atoms with Gasteiger partial charge in [-0.25, -0.2) is 9.78 Å². The highest BCUT2D eigenvalue weighted by atomic mass is 32.1. The van der Waals surface area contributed by atoms with Crippen LogP contribution in [0, 0.1) is 6.92 Å². The monoisotopic (exact) mass is 610 g/mol. The molecule has 0 unspecified atom stereocenters. The third-order valence-corrected chi connectivity index (χ3v) is 8.63. The predicted molar refractivity (Wildman–Crippen MR) is 165 cm³/mol. The van der Waals surface area contributed by atoms with Crippen LogP contribution in [0.4, 0.5) is 5.13 Å². The number of hydrogen-bond donors (Lipinski definition) is 1. The van der Waals surface area contributed by atoms with Crippen molar-refractivity contribution in [3.63, 3.8) is 0 Å². The van der Waals surface area contributed by atoms with Gasteiger partial charge in [-0.2, -0.15) is 0 Å². The minimum atomic E-state index is -1.04. The van der Waals surface area contributed by atoms with Crippen molar-refractivity contribution < 1.29 is 33.7 Å². The molecule has 3 aromatic carbocycles. The molecule has 0 radical (unpaired) electrons. The molecule has 4 aromatic rings. The van der Waals surface area contributed by atoms with E-state index >= 15 is 0 Å². The van der Waals surface area contributed by atoms with Crippen molar-refractivity contribution in [2.45, 2.75) is 45.9 Å². The Bertz CT molecular complexity index is 1800. The number of nitrogens with zero attached hydrogens (tertiary/aromatic N) is 2. The van der Waals surface area contributed by atoms with Gasteiger partial charge in [0.25, 0.3) is 5.78 Å². The number of carbonyl (C=O) groups is 3. The highest BCUT2D eigenvalue weighted by Gasteiger charge is 2.48. The van der Waals surface area contributed by atoms with Crippen LogP contribution in [0.1, 0.15) is 57.5 Å². The van der Waals surface area contributed by atoms with E-state index in [0.717, 1.165) is 28.2 Å². The van der Waals surface area contributed by atoms with Crippen molar-refractivity contribution in [2.75, 3.05) is 11.5 Å². The van der Waals surface area contributed by atoms with E-state index in [2.05, 4.69) is 4.98 Å². The van der Waals surface area contributed by atoms with Gasteiger partial charge in [0.1, 0.15) is 34.8 Å². The molecule has 3 heterocycles. The van der Waals surface area contributed by atoms with Gasteiger partial charge in [0, 0.05) is 12.0 Å². The molecule has 2 atom stereocenters. The molecule has 0 bridgehead atoms. The van der Waals surface area contributed by atoms with Crippen molar-refractivity contribution in [1.29, 1.82) is 0 Å². The summed E-state index contributed by atoms with van der Waals surface area (Å²) in [5, 5.41) is 11.8. The first-order valence-electron chi connectivity index (χ1n) is 14.3. The highest BCUT2D eigenvalue weighted by molar-refractivity contribution is 7.17. The maximum Gasteiger partial charge on any atom is 0.350 e. The Balaban J connectivity index is 1.45. The molecule has 44 heavy (non-hydrogen) atoms. The van der Waals surface area contributed by atoms with Gasteiger partial charge >= 0.3 is 11.9 Å². The molecule has 224 valence electrons. The van der Waals surface area contributed by atoms with E-state index < -0.39 is 23.7 Å². The zero-order valence-corrected chi connectivity index (χ0v) is 25.2. The molecule has 0 aliphatic carbocycles. The van der Waals surface area contributed by atoms with Crippen LogP contribution in [-0.4, -0.2) is 40.5 Å². The molecule has 10 heteroatoms. The molecule has 0 spiro atoms. The number of hydrogen-bond acceptors (Lipinski definition) is 9. The quantitative estimate of drug-likeness (QED) is 0.109. The molecule has 2 aliphatic heterocycles. The predicted octanol–water partition coefficient (Wildman–Crippen LogP) is 6.16. The molecule has 6 rings (SSSR count). The number of carbonyl (C=O) groups excluding carboxylic acids is 3. The van der Waals surface area contributed by atoms with Gasteiger partial charge in [-0.05, 0) is 67.8 Å². The number of amides is 1. The Morgan fingerprint density at radius 3 is 2.66 bits per heavy atom. The number of aliphatic hydroxyl groups excluding tert-OH is 1. The fourth-order valence-electron chi connectivity index (χ4n) is 5.46. The summed E-state index contributed by atoms with van der Waals surface area (Å²) in [6.07, 6.45) is 0.651. The Morgan fingerprint density at radius 1 is 1.09 bits per heavy atom. The van der Waals surface area contributed by atoms with E-state index in [9.17, 15) is 19.5 Å². The van der Waals surface area contributed by atoms with Gasteiger partial charge in [0.05, 0.1) is 23.9 Å². The number of ketones is 1. The number of fused-ring (bicyclic) bond motifs is 1. The average molecular weight is 611 g/mol. The summed E-state index contributed by atoms with van der Waals surface area (Å²) in [6.45, 7) is 5.79. The number of benzene rings is 3. The number of Topliss-reactive ketones (excluding diaryl/α,β-unsaturated/α-hetero) is 1. The van der Waals surface area contributed by atoms with Crippen molar-refractivity contribution >= 4 is 39.9 Å². The van der Waals surface area contributed by atoms with Gasteiger partial charge in [-0.1, -0.05) is 53.8 Å². The fourth-order valence-corrected chi connectivity index (χ4v) is 6.44. The van der Waals surface area contributed by atoms with Crippen LogP contribution in [0.15, 0.2) is 78.4 Å². The molecule has 1 aromatic heterocycles. The maximum atomic E-state index is 13.7. The van der Waals surface area contributed by atoms with Crippen LogP contribution in [0.2, 0.25) is 0 Å². The highest BCUT2D eigenvalue weighted by Crippen LogP contribution is 2.45. The third kappa shape index (κ3) is 5.44. The molecule has 9 nitrogen and oxygen atoms in total. The van der Waals surface area contributed by atoms with E-state index in [4.69, 9.17) is 14.2 Å². The van der Waals surface area contributed by atoms with Crippen LogP contribution in [-0.2, 0) is 27.4 Å². The zero-order valence-electron chi connectivity index (χ0n) is 24.4. The first kappa shape index (κ1) is 29.1. The second-order valence-corrected chi connectivity index (χ2v) is 11.6. The second kappa shape index (κ2) is 12.0. The van der Waals surface area contributed by atoms with Crippen LogP contribution in [0.3, 0.4) is 0 Å². The minimum Gasteiger partial charge on any atom is -0.507 e. The summed E-state index contributed by atoms with van der Waals surface area (Å²) in [7, 11) is 0. The van der Waals surface area contributed by atoms with Crippen LogP contribution < -0.4 is 14.4 Å². The smallest absolute Gasteiger partial charge is 0.350 e. The number of aromatic nitrogens is 1. The lowest BCUT2D eigenvalue weighted by molar-refractivity contribution is -0.132. The fraction of sp³-hybridized carbons (Fsp3) is 0.235. The first-order valence-corrected chi connectivity index (χ1v) is 15.1. The molecular formula is C34H30N2O7S. The Hall–Kier alpha value is -4.96. The lowest BCUT2D eigenvalue weighted by atomic mass is 9.94. The van der Waals surface area contributed by atoms with Crippen LogP contribution >= 0.6 is 11.3 Å². The van der Waals surface area contributed by atoms with Crippen molar-refractivity contribution in [2.24, 2.45) is 0 Å². The van der Waals surface area contributed by atoms with Gasteiger partial charge in [-0.15, -0.1) is 0 Å². The van der Waals surface area contributed by atoms with Crippen LogP contribution in [0.5, 0.6) is 11.5 Å². The Kier molecular flexibility index (Phi) is 7.92. The van der Waals surface area contributed by atoms with Crippen molar-refractivity contribution in [3.8, 4) is 11.5 Å². The lowest BCUT2D eigenvalue weighted by Crippen LogP contribution is -2.29. The van der Waals surface area contributed by atoms with Crippen molar-refractivity contribution in [1.82, 2.24) is 4.98 Å². The molecule has 0 saturated carbocycles. The largest absolute Gasteiger partial charge is 0.507 e. The topological polar surface area (TPSA) is 115 Å². The standard InChI is InChI=1S/C34H30N2O7S/c1-4-41-33(40)31-20(3)35-34(44-31)36-28(22-11-8-12-25(17-22)42-18-21-9-6-5-7-10-21)27(30(38)32(36)39)29(37)23-13-14-26-24(16-23)15-19(2)43-26/h5-14,16-17,19,28,37H,4,15,18H2,1-3H3/b29-27+/t19-,28+/m0/s1. The average Bonchev–Trinajstić information content (AvgIpc) is 3.68. The molecule has 1 saturated heterocycles. The molecule has 1 amide bonds. The SMILES string of the molecule is CCOC(=O)c1sc(N2C(=O)C(=O)/C(=C(/O)c3ccc4c(c3)C[C@H](C)O4)[C@H]2c2cccc(OCc3ccccc3)c2)nc1C. The zero-order chi connectivity index (χ0) is 31.0. The van der Waals surface area contributed by atoms with E-state index in [0.29, 0.717) is 35.6 Å². The number of aliphatic hydroxyl groups is 1. The number of esters is 1. The second-order valence-electron chi connectivity index (χ2n) is 10.6. The summed E-state index contributed by atoms with van der Waals surface area (Å²) in [5.74, 6) is -1.36. The molecular weight excluding hydrogens is 580 g/mol. The Labute approximate surface area is 258 Å². The summed E-state index contributed by atoms with van der Waals surface area (Å²) in [4.78, 5) is 46.0. The van der Waals surface area contributed by atoms with E-state index in [1.807, 2.05) is 37.3 Å². The summed E-state index contributed by atoms with van der Waals surface area (Å²) < 4.78 is 17.0. The van der Waals surface area contributed by atoms with E-state index in [-0.39, 0.29) is 34.1 Å². The number of rotatable bonds is 8. The number of ether oxygens (including phenoxy) is 3. The summed E-state index contributed by atoms with van der Waals surface area (Å²) >= 11 is 0.962. The van der Waals surface area contributed by atoms with Gasteiger partial charge in [0.2, 0.25) is 0 Å². The maximum absolute atomic E-state index is 13.7. The van der Waals surface area contributed by atoms with E-state index in [1.54, 1.807) is 56.3 Å². The normalized spacial score (nSPS) is 18.7. The van der Waals surface area contributed by atoms with Crippen LogP contribution in [0.25, 0.3) is 5.76 Å². The first-order chi connectivity index (χ1) is 21.2. The lowest BCUT2D eigenvalue weighted by Gasteiger charge is -2.23. The third-order valence-electron chi connectivity index (χ3n) is 7.49. The molecule has 1 fully saturated rings. The molecule has 2 aliphatic rings. The van der Waals surface area contributed by atoms with Crippen molar-refractivity contribution in [3.05, 3.63) is 111 Å². The van der Waals surface area contributed by atoms with Gasteiger partial charge in [-0.3, -0.25) is 14.5 Å². The minimum absolute atomic E-state index is 0.00617. The van der Waals surface area contributed by atoms with Gasteiger partial charge in [0.15, 0.2) is 5.13 Å². The van der Waals surface area contributed by atoms with Gasteiger partial charge < -0.3 is 19.3 Å². The summed E-state index contributed by atoms with van der Waals surface area (Å²) in [6, 6.07) is 20.9. The molecule has 1 N–H and O–H groups in total. The number of anilines is 1. The number of thiazole rings is 1. The van der Waals surface area contributed by atoms with E-state index in [1.165, 1.54) is 4.90 Å². The number of aryl methyl sites for hydroxylation is 1.